The van der Waals surface area contributed by atoms with E-state index in [0.717, 1.165) is 5.57 Å². The third-order valence-electron chi connectivity index (χ3n) is 16.2. The van der Waals surface area contributed by atoms with Crippen molar-refractivity contribution in [2.75, 3.05) is 0 Å². The minimum Gasteiger partial charge on any atom is -0.462 e. The van der Waals surface area contributed by atoms with E-state index in [1.807, 2.05) is 106 Å². The lowest BCUT2D eigenvalue weighted by atomic mass is 9.88. The molecule has 0 saturated heterocycles. The van der Waals surface area contributed by atoms with Crippen LogP contribution in [0.4, 0.5) is 0 Å². The molecule has 0 aliphatic carbocycles. The third-order valence-corrected chi connectivity index (χ3v) is 17.6. The molecule has 0 aromatic rings. The van der Waals surface area contributed by atoms with Crippen LogP contribution >= 0.6 is 23.2 Å². The highest BCUT2D eigenvalue weighted by Gasteiger charge is 2.39. The summed E-state index contributed by atoms with van der Waals surface area (Å²) in [5, 5.41) is 31.4. The predicted octanol–water partition coefficient (Wildman–Crippen LogP) is 11.3. The molecule has 0 spiro atoms. The van der Waals surface area contributed by atoms with Gasteiger partial charge in [-0.15, -0.1) is 23.2 Å². The molecule has 0 aromatic heterocycles. The van der Waals surface area contributed by atoms with Crippen LogP contribution in [0.2, 0.25) is 0 Å². The van der Waals surface area contributed by atoms with Gasteiger partial charge in [-0.1, -0.05) is 104 Å². The summed E-state index contributed by atoms with van der Waals surface area (Å²) >= 11 is 13.6. The molecule has 0 fully saturated rings. The number of ether oxygens (including phenoxy) is 9. The number of esters is 9. The van der Waals surface area contributed by atoms with Crippen LogP contribution in [0.5, 0.6) is 0 Å². The van der Waals surface area contributed by atoms with E-state index in [1.54, 1.807) is 24.3 Å². The first-order valence-corrected chi connectivity index (χ1v) is 33.1. The summed E-state index contributed by atoms with van der Waals surface area (Å²) in [5.74, 6) is -6.03. The summed E-state index contributed by atoms with van der Waals surface area (Å²) in [6, 6.07) is 0. The quantitative estimate of drug-likeness (QED) is 0.0251. The number of alkyl halides is 2. The number of allylic oxidation sites excluding steroid dienone is 6. The first-order valence-electron chi connectivity index (χ1n) is 32.2. The third kappa shape index (κ3) is 32.9. The Morgan fingerprint density at radius 3 is 1.20 bits per heavy atom. The van der Waals surface area contributed by atoms with E-state index < -0.39 is 143 Å². The second-order valence-electron chi connectivity index (χ2n) is 25.5. The Balaban J connectivity index is 0.000000932. The van der Waals surface area contributed by atoms with Crippen LogP contribution in [0.25, 0.3) is 0 Å². The Morgan fingerprint density at radius 2 is 0.871 bits per heavy atom. The zero-order valence-electron chi connectivity index (χ0n) is 58.2. The Kier molecular flexibility index (Phi) is 38.3. The van der Waals surface area contributed by atoms with E-state index in [-0.39, 0.29) is 68.1 Å². The van der Waals surface area contributed by atoms with Gasteiger partial charge in [0.2, 0.25) is 0 Å². The number of aliphatic hydroxyl groups is 3. The molecule has 2 aliphatic heterocycles. The fraction of sp³-hybridized carbons (Fsp3) is 0.700. The Bertz CT molecular complexity index is 2620. The molecule has 93 heavy (non-hydrogen) atoms. The highest BCUT2D eigenvalue weighted by atomic mass is 35.5. The van der Waals surface area contributed by atoms with Crippen molar-refractivity contribution in [3.8, 4) is 0 Å². The molecule has 0 saturated carbocycles. The minimum absolute atomic E-state index is 0.0707. The standard InChI is InChI=1S/C36H55ClO11.C34H53ClO10/c1-11-30(45-26(7)39)24(5)34(37)31(46-27(8)40)19-21(2)13-12-14-22(3)35-23(4)15-16-32(47-28(9)41)36(10,43)18-17-29(44-25(6)38)20-33(42)48-35;1-10-28(42-24(6)36)23(5)32(35)29(43-25(7)37)18-20(2)12-11-13-21(3)33-22(4)14-15-30(44-26(8)38)34(9,41)17-16-27(39)19-31(40)45-33/h12-16,21,23-24,29-32,34-35,43H,11,17-20H2,1-10H3;11-15,20,22-23,27-30,32-33,39,41H,10,16-19H2,1-9H3/b13-12+,16-15+,22-14+;12-11+,15-14+,21-13+. The van der Waals surface area contributed by atoms with Crippen LogP contribution in [-0.2, 0) is 85.8 Å². The predicted molar refractivity (Wildman–Crippen MR) is 352 cm³/mol. The van der Waals surface area contributed by atoms with Crippen LogP contribution in [-0.4, -0.2) is 152 Å². The maximum absolute atomic E-state index is 13.1. The minimum atomic E-state index is -1.50. The molecule has 2 heterocycles. The van der Waals surface area contributed by atoms with Crippen LogP contribution in [0.3, 0.4) is 0 Å². The van der Waals surface area contributed by atoms with Crippen LogP contribution < -0.4 is 0 Å². The molecule has 3 N–H and O–H groups in total. The number of rotatable bonds is 25. The summed E-state index contributed by atoms with van der Waals surface area (Å²) < 4.78 is 49.8. The van der Waals surface area contributed by atoms with E-state index in [9.17, 15) is 58.5 Å². The average molecular weight is 1360 g/mol. The summed E-state index contributed by atoms with van der Waals surface area (Å²) in [6.07, 6.45) is 12.4. The van der Waals surface area contributed by atoms with Gasteiger partial charge < -0.3 is 58.0 Å². The van der Waals surface area contributed by atoms with Crippen molar-refractivity contribution in [3.63, 3.8) is 0 Å². The summed E-state index contributed by atoms with van der Waals surface area (Å²) in [6.45, 7) is 30.9. The molecule has 0 bridgehead atoms. The van der Waals surface area contributed by atoms with E-state index in [2.05, 4.69) is 0 Å². The highest BCUT2D eigenvalue weighted by molar-refractivity contribution is 6.21. The lowest BCUT2D eigenvalue weighted by Crippen LogP contribution is -2.42. The number of carbonyl (C=O) groups is 9. The molecule has 21 nitrogen and oxygen atoms in total. The zero-order chi connectivity index (χ0) is 71.2. The highest BCUT2D eigenvalue weighted by Crippen LogP contribution is 2.33. The Labute approximate surface area is 561 Å². The fourth-order valence-corrected chi connectivity index (χ4v) is 11.6. The molecule has 0 aromatic carbocycles. The van der Waals surface area contributed by atoms with Gasteiger partial charge in [0, 0.05) is 72.1 Å². The van der Waals surface area contributed by atoms with Crippen molar-refractivity contribution < 1.29 is 101 Å². The monoisotopic (exact) mass is 1350 g/mol. The fourth-order valence-electron chi connectivity index (χ4n) is 11.0. The Morgan fingerprint density at radius 1 is 0.538 bits per heavy atom. The van der Waals surface area contributed by atoms with Gasteiger partial charge in [0.25, 0.3) is 0 Å². The molecule has 528 valence electrons. The molecule has 20 atom stereocenters. The number of aliphatic hydroxyl groups excluding tert-OH is 1. The van der Waals surface area contributed by atoms with Crippen molar-refractivity contribution in [1.82, 2.24) is 0 Å². The van der Waals surface area contributed by atoms with Crippen molar-refractivity contribution in [1.29, 1.82) is 0 Å². The molecule has 0 radical (unpaired) electrons. The van der Waals surface area contributed by atoms with Gasteiger partial charge in [0.15, 0.2) is 0 Å². The topological polar surface area (TPSA) is 297 Å². The van der Waals surface area contributed by atoms with Gasteiger partial charge in [0.1, 0.15) is 66.1 Å². The number of carbonyl (C=O) groups excluding carboxylic acids is 9. The lowest BCUT2D eigenvalue weighted by Gasteiger charge is -2.33. The zero-order valence-corrected chi connectivity index (χ0v) is 59.7. The van der Waals surface area contributed by atoms with Crippen molar-refractivity contribution in [2.24, 2.45) is 35.5 Å². The largest absolute Gasteiger partial charge is 0.462 e. The van der Waals surface area contributed by atoms with Gasteiger partial charge >= 0.3 is 53.7 Å². The first-order chi connectivity index (χ1) is 43.1. The number of hydrogen-bond donors (Lipinski definition) is 3. The molecular weight excluding hydrogens is 1250 g/mol. The molecular formula is C70H108Cl2O21. The number of cyclic esters (lactones) is 2. The summed E-state index contributed by atoms with van der Waals surface area (Å²) in [7, 11) is 0. The van der Waals surface area contributed by atoms with Crippen LogP contribution in [0.1, 0.15) is 196 Å². The Hall–Kier alpha value is -5.87. The summed E-state index contributed by atoms with van der Waals surface area (Å²) in [4.78, 5) is 108. The summed E-state index contributed by atoms with van der Waals surface area (Å²) in [5.41, 5.74) is -1.52. The van der Waals surface area contributed by atoms with Crippen LogP contribution in [0.15, 0.2) is 71.9 Å². The smallest absolute Gasteiger partial charge is 0.310 e. The lowest BCUT2D eigenvalue weighted by molar-refractivity contribution is -0.161. The van der Waals surface area contributed by atoms with E-state index in [0.29, 0.717) is 31.3 Å². The van der Waals surface area contributed by atoms with Gasteiger partial charge in [0.05, 0.1) is 29.7 Å². The first kappa shape index (κ1) is 85.1. The van der Waals surface area contributed by atoms with Crippen molar-refractivity contribution in [3.05, 3.63) is 71.9 Å². The van der Waals surface area contributed by atoms with E-state index >= 15 is 0 Å². The number of hydrogen-bond acceptors (Lipinski definition) is 21. The van der Waals surface area contributed by atoms with Gasteiger partial charge in [-0.05, 0) is 114 Å². The van der Waals surface area contributed by atoms with E-state index in [1.165, 1.54) is 62.3 Å². The molecule has 20 unspecified atom stereocenters. The van der Waals surface area contributed by atoms with Crippen molar-refractivity contribution in [2.45, 2.75) is 279 Å². The maximum atomic E-state index is 13.1. The van der Waals surface area contributed by atoms with E-state index in [4.69, 9.17) is 65.8 Å². The van der Waals surface area contributed by atoms with Crippen LogP contribution in [0, 0.1) is 35.5 Å². The second-order valence-corrected chi connectivity index (χ2v) is 26.5. The van der Waals surface area contributed by atoms with Gasteiger partial charge in [-0.3, -0.25) is 43.2 Å². The van der Waals surface area contributed by atoms with Gasteiger partial charge in [-0.25, -0.2) is 0 Å². The molecule has 2 aliphatic rings. The van der Waals surface area contributed by atoms with Crippen molar-refractivity contribution >= 4 is 76.9 Å². The molecule has 2 rings (SSSR count). The maximum Gasteiger partial charge on any atom is 0.310 e. The molecule has 23 heteroatoms. The SMILES string of the molecule is CCC(OC(C)=O)C(C)C(Cl)C(CC(C)/C=C/C=C(\C)C1OC(=O)CC(O)CCC(C)(O)C(OC(C)=O)/C=C/C1C)OC(C)=O.CCC(OC(C)=O)C(C)C(Cl)C(CC(C)/C=C/C=C(\C)C1OC(=O)CC(OC(C)=O)CCC(C)(O)C(OC(C)=O)/C=C/C1C)OC(C)=O. The average Bonchev–Trinajstić information content (AvgIpc) is 0.911. The molecule has 0 amide bonds. The van der Waals surface area contributed by atoms with Gasteiger partial charge in [-0.2, -0.15) is 0 Å². The number of halogens is 2. The second kappa shape index (κ2) is 41.8. The normalized spacial score (nSPS) is 28.5.